The average molecular weight is 141 g/mol. The van der Waals surface area contributed by atoms with Gasteiger partial charge in [-0.15, -0.1) is 0 Å². The summed E-state index contributed by atoms with van der Waals surface area (Å²) in [6, 6.07) is 1.65. The van der Waals surface area contributed by atoms with Gasteiger partial charge in [-0.1, -0.05) is 13.8 Å². The van der Waals surface area contributed by atoms with Crippen LogP contribution in [0, 0.1) is 5.92 Å². The average Bonchev–Trinajstić information content (AvgIpc) is 2.09. The Morgan fingerprint density at radius 2 is 2.00 bits per heavy atom. The summed E-state index contributed by atoms with van der Waals surface area (Å²) < 4.78 is 0. The van der Waals surface area contributed by atoms with E-state index in [1.807, 2.05) is 0 Å². The molecule has 1 saturated heterocycles. The van der Waals surface area contributed by atoms with E-state index < -0.39 is 0 Å². The summed E-state index contributed by atoms with van der Waals surface area (Å²) in [5.74, 6) is 0.907. The van der Waals surface area contributed by atoms with Crippen molar-refractivity contribution in [2.24, 2.45) is 5.92 Å². The molecule has 1 heteroatoms. The van der Waals surface area contributed by atoms with Crippen LogP contribution in [0.3, 0.4) is 0 Å². The molecule has 1 rings (SSSR count). The maximum Gasteiger partial charge on any atom is 0.0119 e. The Morgan fingerprint density at radius 1 is 1.40 bits per heavy atom. The van der Waals surface area contributed by atoms with E-state index in [4.69, 9.17) is 0 Å². The lowest BCUT2D eigenvalue weighted by Crippen LogP contribution is -2.31. The summed E-state index contributed by atoms with van der Waals surface area (Å²) in [6.07, 6.45) is 2.69. The van der Waals surface area contributed by atoms with Crippen molar-refractivity contribution in [2.45, 2.75) is 45.7 Å². The Kier molecular flexibility index (Phi) is 2.35. The second kappa shape index (κ2) is 2.91. The largest absolute Gasteiger partial charge is 0.300 e. The van der Waals surface area contributed by atoms with Gasteiger partial charge in [0.2, 0.25) is 0 Å². The minimum atomic E-state index is 0.806. The van der Waals surface area contributed by atoms with E-state index in [0.717, 1.165) is 18.0 Å². The highest BCUT2D eigenvalue weighted by Crippen LogP contribution is 2.29. The summed E-state index contributed by atoms with van der Waals surface area (Å²) >= 11 is 0. The maximum absolute atomic E-state index is 2.52. The number of hydrogen-bond acceptors (Lipinski definition) is 1. The molecule has 1 fully saturated rings. The smallest absolute Gasteiger partial charge is 0.0119 e. The topological polar surface area (TPSA) is 3.24 Å². The van der Waals surface area contributed by atoms with E-state index in [-0.39, 0.29) is 0 Å². The monoisotopic (exact) mass is 141 g/mol. The highest BCUT2D eigenvalue weighted by molar-refractivity contribution is 4.86. The maximum atomic E-state index is 2.52. The van der Waals surface area contributed by atoms with Crippen molar-refractivity contribution in [3.63, 3.8) is 0 Å². The molecule has 1 aliphatic rings. The molecule has 10 heavy (non-hydrogen) atoms. The second-order valence-electron chi connectivity index (χ2n) is 3.70. The first-order valence-corrected chi connectivity index (χ1v) is 4.38. The predicted molar refractivity (Wildman–Crippen MR) is 45.1 cm³/mol. The van der Waals surface area contributed by atoms with Gasteiger partial charge in [-0.3, -0.25) is 0 Å². The summed E-state index contributed by atoms with van der Waals surface area (Å²) in [7, 11) is 2.25. The van der Waals surface area contributed by atoms with Gasteiger partial charge in [-0.05, 0) is 32.7 Å². The normalized spacial score (nSPS) is 42.6. The van der Waals surface area contributed by atoms with Crippen LogP contribution < -0.4 is 0 Å². The number of hydrogen-bond donors (Lipinski definition) is 0. The third kappa shape index (κ3) is 1.20. The Labute approximate surface area is 64.4 Å². The zero-order chi connectivity index (χ0) is 7.72. The molecule has 0 spiro atoms. The minimum absolute atomic E-state index is 0.806. The van der Waals surface area contributed by atoms with Crippen molar-refractivity contribution in [3.8, 4) is 0 Å². The lowest BCUT2D eigenvalue weighted by molar-refractivity contribution is 0.232. The van der Waals surface area contributed by atoms with E-state index in [1.165, 1.54) is 12.8 Å². The number of nitrogens with zero attached hydrogens (tertiary/aromatic N) is 1. The van der Waals surface area contributed by atoms with Crippen molar-refractivity contribution in [1.29, 1.82) is 0 Å². The molecule has 0 radical (unpaired) electrons. The van der Waals surface area contributed by atoms with E-state index in [1.54, 1.807) is 0 Å². The standard InChI is InChI=1S/C9H19N/c1-5-9-7(2)6-8(3)10(9)4/h7-9H,5-6H2,1-4H3. The van der Waals surface area contributed by atoms with E-state index >= 15 is 0 Å². The van der Waals surface area contributed by atoms with Crippen LogP contribution >= 0.6 is 0 Å². The number of rotatable bonds is 1. The molecule has 3 unspecified atom stereocenters. The van der Waals surface area contributed by atoms with Gasteiger partial charge >= 0.3 is 0 Å². The molecule has 60 valence electrons. The summed E-state index contributed by atoms with van der Waals surface area (Å²) in [5.41, 5.74) is 0. The van der Waals surface area contributed by atoms with Crippen LogP contribution in [-0.4, -0.2) is 24.0 Å². The summed E-state index contributed by atoms with van der Waals surface area (Å²) in [6.45, 7) is 6.98. The first-order valence-electron chi connectivity index (χ1n) is 4.38. The summed E-state index contributed by atoms with van der Waals surface area (Å²) in [4.78, 5) is 2.52. The third-order valence-corrected chi connectivity index (χ3v) is 3.01. The molecule has 0 bridgehead atoms. The molecule has 0 N–H and O–H groups in total. The fraction of sp³-hybridized carbons (Fsp3) is 1.00. The van der Waals surface area contributed by atoms with Crippen molar-refractivity contribution >= 4 is 0 Å². The van der Waals surface area contributed by atoms with Gasteiger partial charge in [0.15, 0.2) is 0 Å². The molecule has 0 amide bonds. The van der Waals surface area contributed by atoms with Crippen molar-refractivity contribution < 1.29 is 0 Å². The van der Waals surface area contributed by atoms with Gasteiger partial charge in [-0.2, -0.15) is 0 Å². The van der Waals surface area contributed by atoms with Gasteiger partial charge in [0, 0.05) is 12.1 Å². The molecule has 3 atom stereocenters. The fourth-order valence-electron chi connectivity index (χ4n) is 2.28. The van der Waals surface area contributed by atoms with Crippen LogP contribution in [-0.2, 0) is 0 Å². The third-order valence-electron chi connectivity index (χ3n) is 3.01. The Hall–Kier alpha value is -0.0400. The molecule has 0 aromatic heterocycles. The molecule has 0 saturated carbocycles. The molecule has 1 aliphatic heterocycles. The van der Waals surface area contributed by atoms with Gasteiger partial charge in [-0.25, -0.2) is 0 Å². The molecule has 1 heterocycles. The van der Waals surface area contributed by atoms with Crippen LogP contribution in [0.4, 0.5) is 0 Å². The van der Waals surface area contributed by atoms with E-state index in [9.17, 15) is 0 Å². The lowest BCUT2D eigenvalue weighted by atomic mass is 10.0. The fourth-order valence-corrected chi connectivity index (χ4v) is 2.28. The van der Waals surface area contributed by atoms with Crippen LogP contribution in [0.1, 0.15) is 33.6 Å². The van der Waals surface area contributed by atoms with Crippen LogP contribution in [0.25, 0.3) is 0 Å². The van der Waals surface area contributed by atoms with E-state index in [0.29, 0.717) is 0 Å². The molecular weight excluding hydrogens is 122 g/mol. The first kappa shape index (κ1) is 8.06. The Bertz CT molecular complexity index is 111. The highest BCUT2D eigenvalue weighted by Gasteiger charge is 2.31. The first-order chi connectivity index (χ1) is 4.66. The zero-order valence-electron chi connectivity index (χ0n) is 7.59. The Morgan fingerprint density at radius 3 is 2.20 bits per heavy atom. The molecule has 1 nitrogen and oxygen atoms in total. The van der Waals surface area contributed by atoms with Gasteiger partial charge in [0.1, 0.15) is 0 Å². The molecule has 0 aromatic carbocycles. The van der Waals surface area contributed by atoms with Crippen LogP contribution in [0.5, 0.6) is 0 Å². The molecule has 0 aromatic rings. The van der Waals surface area contributed by atoms with Gasteiger partial charge in [0.25, 0.3) is 0 Å². The second-order valence-corrected chi connectivity index (χ2v) is 3.70. The SMILES string of the molecule is CCC1C(C)CC(C)N1C. The van der Waals surface area contributed by atoms with E-state index in [2.05, 4.69) is 32.7 Å². The minimum Gasteiger partial charge on any atom is -0.300 e. The quantitative estimate of drug-likeness (QED) is 0.540. The highest BCUT2D eigenvalue weighted by atomic mass is 15.2. The molecule has 0 aliphatic carbocycles. The van der Waals surface area contributed by atoms with Crippen molar-refractivity contribution in [1.82, 2.24) is 4.90 Å². The lowest BCUT2D eigenvalue weighted by Gasteiger charge is -2.23. The number of likely N-dealkylation sites (tertiary alicyclic amines) is 1. The molecular formula is C9H19N. The summed E-state index contributed by atoms with van der Waals surface area (Å²) in [5, 5.41) is 0. The predicted octanol–water partition coefficient (Wildman–Crippen LogP) is 2.13. The van der Waals surface area contributed by atoms with Crippen LogP contribution in [0.15, 0.2) is 0 Å². The van der Waals surface area contributed by atoms with Crippen molar-refractivity contribution in [2.75, 3.05) is 7.05 Å². The zero-order valence-corrected chi connectivity index (χ0v) is 7.59. The van der Waals surface area contributed by atoms with Crippen molar-refractivity contribution in [3.05, 3.63) is 0 Å². The van der Waals surface area contributed by atoms with Gasteiger partial charge in [0.05, 0.1) is 0 Å². The van der Waals surface area contributed by atoms with Crippen LogP contribution in [0.2, 0.25) is 0 Å². The Balaban J connectivity index is 2.55. The van der Waals surface area contributed by atoms with Gasteiger partial charge < -0.3 is 4.90 Å².